The summed E-state index contributed by atoms with van der Waals surface area (Å²) in [6.07, 6.45) is 3.85. The number of hydrogen-bond acceptors (Lipinski definition) is 12. The van der Waals surface area contributed by atoms with Crippen LogP contribution in [-0.4, -0.2) is 227 Å². The van der Waals surface area contributed by atoms with Crippen LogP contribution in [0.15, 0.2) is 12.2 Å². The molecule has 1 saturated heterocycles. The number of rotatable bonds is 15. The molecule has 0 aliphatic carbocycles. The minimum Gasteiger partial charge on any atom is -0.390 e. The highest BCUT2D eigenvalue weighted by atomic mass is 16.3. The van der Waals surface area contributed by atoms with Crippen molar-refractivity contribution in [2.75, 3.05) is 62.4 Å². The molecule has 0 radical (unpaired) electrons. The van der Waals surface area contributed by atoms with Crippen molar-refractivity contribution in [2.24, 2.45) is 41.4 Å². The molecule has 22 nitrogen and oxygen atoms in total. The third kappa shape index (κ3) is 22.0. The Morgan fingerprint density at radius 3 is 1.45 bits per heavy atom. The summed E-state index contributed by atoms with van der Waals surface area (Å²) in [6.45, 7) is 30.5. The fourth-order valence-electron chi connectivity index (χ4n) is 10.9. The molecule has 1 heterocycles. The number of allylic oxidation sites excluding steroid dienone is 2. The molecule has 5 N–H and O–H groups in total. The lowest BCUT2D eigenvalue weighted by Gasteiger charge is -2.42. The van der Waals surface area contributed by atoms with E-state index in [0.717, 1.165) is 9.80 Å². The summed E-state index contributed by atoms with van der Waals surface area (Å²) >= 11 is 0. The Labute approximate surface area is 504 Å². The number of aliphatic hydroxyl groups is 1. The SMILES string of the molecule is C/C=C/C[C@@H](C)[C@@H](O)C1C(=O)N[C@@H](CC)C(=O)N(C)CC(=O)N(C)[C@@H](CC(C)C)C(=O)NC(C(C)C)C(=O)N(C)[C@@H](CC(C)C)C(=O)N[C@@H](C)C(=O)N[C@H](C)C(=O)N(C)[C@@H](CC(C)C)CN(C)[C@@H](CC(C)C)C(=O)N(C)[C@@H](C(C)C)C(=O)N1C. The third-order valence-electron chi connectivity index (χ3n) is 16.1. The molecule has 12 atom stereocenters. The number of aliphatic hydroxyl groups excluding tert-OH is 1. The zero-order valence-corrected chi connectivity index (χ0v) is 55.9. The second kappa shape index (κ2) is 35.1. The van der Waals surface area contributed by atoms with Crippen LogP contribution in [0.25, 0.3) is 0 Å². The van der Waals surface area contributed by atoms with Gasteiger partial charge in [0.1, 0.15) is 48.3 Å². The Morgan fingerprint density at radius 1 is 0.500 bits per heavy atom. The summed E-state index contributed by atoms with van der Waals surface area (Å²) in [5, 5.41) is 23.3. The van der Waals surface area contributed by atoms with Gasteiger partial charge in [-0.2, -0.15) is 0 Å². The van der Waals surface area contributed by atoms with E-state index in [-0.39, 0.29) is 55.4 Å². The van der Waals surface area contributed by atoms with Gasteiger partial charge in [-0.25, -0.2) is 0 Å². The van der Waals surface area contributed by atoms with Crippen molar-refractivity contribution in [1.82, 2.24) is 55.6 Å². The van der Waals surface area contributed by atoms with E-state index in [1.807, 2.05) is 79.4 Å². The Balaban J connectivity index is 4.26. The highest BCUT2D eigenvalue weighted by molar-refractivity contribution is 5.98. The highest BCUT2D eigenvalue weighted by Crippen LogP contribution is 2.25. The van der Waals surface area contributed by atoms with Crippen molar-refractivity contribution in [2.45, 2.75) is 223 Å². The van der Waals surface area contributed by atoms with Crippen LogP contribution < -0.4 is 21.3 Å². The molecule has 22 heteroatoms. The van der Waals surface area contributed by atoms with Gasteiger partial charge < -0.3 is 55.8 Å². The molecule has 10 amide bonds. The lowest BCUT2D eigenvalue weighted by Crippen LogP contribution is -2.63. The Morgan fingerprint density at radius 2 is 0.976 bits per heavy atom. The Bertz CT molecular complexity index is 2240. The number of carbonyl (C=O) groups excluding carboxylic acids is 10. The van der Waals surface area contributed by atoms with Crippen LogP contribution in [0.4, 0.5) is 0 Å². The summed E-state index contributed by atoms with van der Waals surface area (Å²) in [4.78, 5) is 155. The molecular weight excluding hydrogens is 1070 g/mol. The van der Waals surface area contributed by atoms with Crippen molar-refractivity contribution in [3.63, 3.8) is 0 Å². The van der Waals surface area contributed by atoms with Crippen molar-refractivity contribution in [3.05, 3.63) is 12.2 Å². The molecular formula is C62H113N11O11. The van der Waals surface area contributed by atoms with Crippen molar-refractivity contribution in [1.29, 1.82) is 0 Å². The standard InChI is InChI=1S/C62H113N11O11/c1-25-27-28-41(15)53(75)52-57(79)65-45(26-2)59(81)68(19)34-49(74)70(21)46(30-36(5)6)56(78)66-50(39(11)12)61(83)71(22)47(31-37(7)8)55(77)63-42(16)54(76)64-43(17)58(80)69(20)44(29-35(3)4)33-67(18)48(32-38(9)10)60(82)72(23)51(40(13)14)62(84)73(52)24/h25,27,35-48,50-53,75H,26,28-34H2,1-24H3,(H,63,77)(H,64,76)(H,65,79)(H,66,78)/b27-25+/t41-,42+,43-,44+,45+,46+,47+,48+,50?,51+,52?,53-/m1/s1. The number of likely N-dealkylation sites (N-methyl/N-ethyl adjacent to an activating group) is 7. The Hall–Kier alpha value is -5.64. The van der Waals surface area contributed by atoms with Crippen LogP contribution in [0.5, 0.6) is 0 Å². The van der Waals surface area contributed by atoms with E-state index in [2.05, 4.69) is 21.3 Å². The van der Waals surface area contributed by atoms with Gasteiger partial charge in [0, 0.05) is 54.9 Å². The number of amides is 10. The summed E-state index contributed by atoms with van der Waals surface area (Å²) in [5.41, 5.74) is 0. The maximum atomic E-state index is 15.1. The minimum absolute atomic E-state index is 0.00302. The molecule has 0 spiro atoms. The van der Waals surface area contributed by atoms with Gasteiger partial charge in [0.25, 0.3) is 0 Å². The minimum atomic E-state index is -1.55. The van der Waals surface area contributed by atoms with Gasteiger partial charge >= 0.3 is 0 Å². The maximum absolute atomic E-state index is 15.1. The van der Waals surface area contributed by atoms with E-state index in [0.29, 0.717) is 19.3 Å². The molecule has 0 aromatic heterocycles. The largest absolute Gasteiger partial charge is 0.390 e. The van der Waals surface area contributed by atoms with Crippen molar-refractivity contribution < 1.29 is 53.1 Å². The molecule has 0 bridgehead atoms. The fourth-order valence-corrected chi connectivity index (χ4v) is 10.9. The van der Waals surface area contributed by atoms with Crippen LogP contribution in [-0.2, 0) is 47.9 Å². The molecule has 84 heavy (non-hydrogen) atoms. The summed E-state index contributed by atoms with van der Waals surface area (Å²) in [5.74, 6) is -7.72. The summed E-state index contributed by atoms with van der Waals surface area (Å²) in [6, 6.07) is -10.7. The smallest absolute Gasteiger partial charge is 0.246 e. The second-order valence-corrected chi connectivity index (χ2v) is 26.2. The van der Waals surface area contributed by atoms with E-state index in [4.69, 9.17) is 0 Å². The van der Waals surface area contributed by atoms with Crippen LogP contribution in [0.1, 0.15) is 156 Å². The Kier molecular flexibility index (Phi) is 31.9. The first-order valence-corrected chi connectivity index (χ1v) is 30.6. The summed E-state index contributed by atoms with van der Waals surface area (Å²) in [7, 11) is 10.7. The van der Waals surface area contributed by atoms with Gasteiger partial charge in [0.15, 0.2) is 0 Å². The molecule has 482 valence electrons. The van der Waals surface area contributed by atoms with Crippen molar-refractivity contribution >= 4 is 59.1 Å². The molecule has 1 rings (SSSR count). The molecule has 2 unspecified atom stereocenters. The van der Waals surface area contributed by atoms with Crippen molar-refractivity contribution in [3.8, 4) is 0 Å². The predicted octanol–water partition coefficient (Wildman–Crippen LogP) is 3.74. The van der Waals surface area contributed by atoms with E-state index in [1.165, 1.54) is 49.8 Å². The van der Waals surface area contributed by atoms with Crippen LogP contribution >= 0.6 is 0 Å². The third-order valence-corrected chi connectivity index (χ3v) is 16.1. The molecule has 0 aromatic rings. The maximum Gasteiger partial charge on any atom is 0.246 e. The first-order valence-electron chi connectivity index (χ1n) is 30.6. The second-order valence-electron chi connectivity index (χ2n) is 26.2. The average Bonchev–Trinajstić information content (AvgIpc) is 3.55. The first-order chi connectivity index (χ1) is 38.8. The first kappa shape index (κ1) is 76.4. The van der Waals surface area contributed by atoms with E-state index in [9.17, 15) is 43.5 Å². The number of carbonyl (C=O) groups is 10. The highest BCUT2D eigenvalue weighted by Gasteiger charge is 2.45. The topological polar surface area (TPSA) is 262 Å². The lowest BCUT2D eigenvalue weighted by molar-refractivity contribution is -0.155. The number of nitrogens with one attached hydrogen (secondary N) is 4. The normalized spacial score (nSPS) is 27.3. The zero-order chi connectivity index (χ0) is 65.1. The van der Waals surface area contributed by atoms with E-state index < -0.39 is 144 Å². The lowest BCUT2D eigenvalue weighted by atomic mass is 9.91. The molecule has 1 fully saturated rings. The summed E-state index contributed by atoms with van der Waals surface area (Å²) < 4.78 is 0. The van der Waals surface area contributed by atoms with Gasteiger partial charge in [-0.3, -0.25) is 52.8 Å². The fraction of sp³-hybridized carbons (Fsp3) is 0.806. The monoisotopic (exact) mass is 1190 g/mol. The number of hydrogen-bond donors (Lipinski definition) is 5. The van der Waals surface area contributed by atoms with Gasteiger partial charge in [-0.1, -0.05) is 109 Å². The predicted molar refractivity (Wildman–Crippen MR) is 328 cm³/mol. The van der Waals surface area contributed by atoms with Gasteiger partial charge in [0.2, 0.25) is 59.1 Å². The van der Waals surface area contributed by atoms with Gasteiger partial charge in [-0.15, -0.1) is 0 Å². The average molecular weight is 1190 g/mol. The molecule has 1 aliphatic rings. The quantitative estimate of drug-likeness (QED) is 0.147. The van der Waals surface area contributed by atoms with Gasteiger partial charge in [0.05, 0.1) is 18.7 Å². The van der Waals surface area contributed by atoms with Crippen LogP contribution in [0, 0.1) is 41.4 Å². The molecule has 0 aromatic carbocycles. The van der Waals surface area contributed by atoms with E-state index >= 15 is 9.59 Å². The molecule has 0 saturated carbocycles. The van der Waals surface area contributed by atoms with Gasteiger partial charge in [-0.05, 0) is 108 Å². The van der Waals surface area contributed by atoms with Crippen LogP contribution in [0.3, 0.4) is 0 Å². The zero-order valence-electron chi connectivity index (χ0n) is 55.9. The molecule has 1 aliphatic heterocycles. The number of nitrogens with zero attached hydrogens (tertiary/aromatic N) is 7. The van der Waals surface area contributed by atoms with Crippen LogP contribution in [0.2, 0.25) is 0 Å². The van der Waals surface area contributed by atoms with E-state index in [1.54, 1.807) is 74.5 Å².